The van der Waals surface area contributed by atoms with Gasteiger partial charge in [-0.1, -0.05) is 104 Å². The normalized spacial score (nSPS) is 11.0. The molecule has 0 unspecified atom stereocenters. The van der Waals surface area contributed by atoms with E-state index in [0.717, 1.165) is 17.6 Å². The van der Waals surface area contributed by atoms with E-state index in [2.05, 4.69) is 17.9 Å². The molecule has 1 aliphatic rings. The van der Waals surface area contributed by atoms with Gasteiger partial charge in [-0.25, -0.2) is 14.4 Å². The first-order valence-electron chi connectivity index (χ1n) is 13.7. The van der Waals surface area contributed by atoms with Crippen LogP contribution in [0, 0.1) is 6.92 Å². The topological polar surface area (TPSA) is 99.1 Å². The average molecular weight is 585 g/mol. The Hall–Kier alpha value is -5.17. The molecule has 7 heteroatoms. The first-order chi connectivity index (χ1) is 20.7. The third kappa shape index (κ3) is 18.0. The number of rotatable bonds is 9. The molecule has 0 saturated carbocycles. The van der Waals surface area contributed by atoms with Gasteiger partial charge >= 0.3 is 17.9 Å². The zero-order valence-corrected chi connectivity index (χ0v) is 24.8. The van der Waals surface area contributed by atoms with Crippen LogP contribution in [0.1, 0.15) is 42.1 Å². The van der Waals surface area contributed by atoms with Gasteiger partial charge in [0.15, 0.2) is 0 Å². The summed E-state index contributed by atoms with van der Waals surface area (Å²) in [4.78, 5) is 32.9. The maximum Gasteiger partial charge on any atom is 0.342 e. The summed E-state index contributed by atoms with van der Waals surface area (Å²) in [5.41, 5.74) is 2.35. The monoisotopic (exact) mass is 584 g/mol. The van der Waals surface area contributed by atoms with Crippen molar-refractivity contribution in [1.29, 1.82) is 0 Å². The molecule has 1 N–H and O–H groups in total. The Kier molecular flexibility index (Phi) is 18.8. The maximum atomic E-state index is 11.1. The van der Waals surface area contributed by atoms with Crippen LogP contribution >= 0.6 is 0 Å². The van der Waals surface area contributed by atoms with Crippen molar-refractivity contribution in [1.82, 2.24) is 0 Å². The number of allylic oxidation sites excluding steroid dienone is 3. The molecule has 4 rings (SSSR count). The van der Waals surface area contributed by atoms with Gasteiger partial charge < -0.3 is 19.3 Å². The Labute approximate surface area is 254 Å². The number of benzene rings is 3. The Bertz CT molecular complexity index is 1240. The number of ether oxygens (including phenoxy) is 3. The number of carboxylic acid groups (broad SMARTS) is 1. The van der Waals surface area contributed by atoms with E-state index in [-0.39, 0.29) is 12.6 Å². The molecule has 3 aromatic rings. The number of aryl methyl sites for hydroxylation is 1. The summed E-state index contributed by atoms with van der Waals surface area (Å²) in [6.07, 6.45) is 6.02. The molecule has 7 nitrogen and oxygen atoms in total. The van der Waals surface area contributed by atoms with Crippen molar-refractivity contribution in [2.75, 3.05) is 13.2 Å². The molecule has 3 aromatic carbocycles. The summed E-state index contributed by atoms with van der Waals surface area (Å²) in [6.45, 7) is 11.0. The summed E-state index contributed by atoms with van der Waals surface area (Å²) in [5.74, 6) is -0.891. The minimum Gasteiger partial charge on any atom is -0.498 e. The summed E-state index contributed by atoms with van der Waals surface area (Å²) >= 11 is 0. The number of carbonyl (C=O) groups excluding carboxylic acids is 2. The molecule has 226 valence electrons. The first kappa shape index (κ1) is 35.9. The molecule has 0 saturated heterocycles. The van der Waals surface area contributed by atoms with Gasteiger partial charge in [-0.15, -0.1) is 0 Å². The average Bonchev–Trinajstić information content (AvgIpc) is 3.03. The highest BCUT2D eigenvalue weighted by atomic mass is 16.5. The second kappa shape index (κ2) is 22.5. The summed E-state index contributed by atoms with van der Waals surface area (Å²) in [7, 11) is 0. The third-order valence-electron chi connectivity index (χ3n) is 5.32. The van der Waals surface area contributed by atoms with E-state index in [1.807, 2.05) is 91.9 Å². The molecule has 1 aliphatic carbocycles. The van der Waals surface area contributed by atoms with Crippen molar-refractivity contribution in [3.63, 3.8) is 0 Å². The van der Waals surface area contributed by atoms with Gasteiger partial charge in [0.25, 0.3) is 0 Å². The number of carbonyl (C=O) groups is 3. The third-order valence-corrected chi connectivity index (χ3v) is 5.32. The fourth-order valence-corrected chi connectivity index (χ4v) is 3.15. The van der Waals surface area contributed by atoms with Crippen LogP contribution in [0.3, 0.4) is 0 Å². The van der Waals surface area contributed by atoms with Gasteiger partial charge in [0.2, 0.25) is 0 Å². The fraction of sp³-hybridized carbons (Fsp3) is 0.194. The van der Waals surface area contributed by atoms with Gasteiger partial charge in [0, 0.05) is 24.0 Å². The molecule has 0 heterocycles. The molecule has 0 atom stereocenters. The predicted octanol–water partition coefficient (Wildman–Crippen LogP) is 7.87. The highest BCUT2D eigenvalue weighted by Gasteiger charge is 2.12. The van der Waals surface area contributed by atoms with Crippen LogP contribution in [-0.2, 0) is 23.8 Å². The van der Waals surface area contributed by atoms with Crippen LogP contribution in [-0.4, -0.2) is 36.2 Å². The minimum atomic E-state index is -0.887. The van der Waals surface area contributed by atoms with E-state index in [1.54, 1.807) is 31.2 Å². The van der Waals surface area contributed by atoms with E-state index < -0.39 is 11.9 Å². The van der Waals surface area contributed by atoms with Crippen molar-refractivity contribution in [2.45, 2.75) is 33.1 Å². The maximum absolute atomic E-state index is 11.1. The van der Waals surface area contributed by atoms with E-state index >= 15 is 0 Å². The van der Waals surface area contributed by atoms with Crippen LogP contribution in [0.2, 0.25) is 0 Å². The molecular formula is C36H40O7. The van der Waals surface area contributed by atoms with E-state index in [1.165, 1.54) is 0 Å². The number of aliphatic carboxylic acids is 1. The summed E-state index contributed by atoms with van der Waals surface area (Å²) in [6, 6.07) is 31.2. The number of hydrogen-bond donors (Lipinski definition) is 1. The van der Waals surface area contributed by atoms with Gasteiger partial charge in [0.1, 0.15) is 0 Å². The molecule has 0 fully saturated rings. The lowest BCUT2D eigenvalue weighted by Gasteiger charge is -2.13. The summed E-state index contributed by atoms with van der Waals surface area (Å²) < 4.78 is 15.0. The van der Waals surface area contributed by atoms with Gasteiger partial charge in [-0.05, 0) is 44.6 Å². The Morgan fingerprint density at radius 2 is 1.40 bits per heavy atom. The number of esters is 2. The van der Waals surface area contributed by atoms with Crippen molar-refractivity contribution in [3.8, 4) is 0 Å². The molecule has 0 radical (unpaired) electrons. The molecule has 0 aliphatic heterocycles. The lowest BCUT2D eigenvalue weighted by molar-refractivity contribution is -0.139. The van der Waals surface area contributed by atoms with Crippen LogP contribution in [0.4, 0.5) is 0 Å². The van der Waals surface area contributed by atoms with Crippen LogP contribution in [0.5, 0.6) is 0 Å². The van der Waals surface area contributed by atoms with E-state index in [0.29, 0.717) is 42.6 Å². The van der Waals surface area contributed by atoms with Crippen molar-refractivity contribution < 1.29 is 33.7 Å². The second-order valence-electron chi connectivity index (χ2n) is 9.00. The standard InChI is InChI=1S/C14H18O5.C10H10O2.2C6H6/c1-10(2)14(17)19-9-3-8-18-12-6-4-11(5-7-12)13(15)16;1-3-12-10(11)9-6-4-5-8(2)7-9;2*1-2-4-6-5-3-1/h4,6H,1,3,5,7-9H2,2H3,(H,15,16);3-7H,1H2,2H3;2*1-6H. The lowest BCUT2D eigenvalue weighted by atomic mass is 10.0. The minimum absolute atomic E-state index is 0.287. The van der Waals surface area contributed by atoms with Crippen molar-refractivity contribution in [3.05, 3.63) is 157 Å². The van der Waals surface area contributed by atoms with Crippen LogP contribution in [0.15, 0.2) is 146 Å². The highest BCUT2D eigenvalue weighted by molar-refractivity contribution is 5.90. The SMILES string of the molecule is C=C(C)C(=O)OCCCOC1=CC=C(C(=O)O)CC1.C=COC(=O)c1cccc(C)c1.c1ccccc1.c1ccccc1. The quantitative estimate of drug-likeness (QED) is 0.118. The molecular weight excluding hydrogens is 544 g/mol. The smallest absolute Gasteiger partial charge is 0.342 e. The predicted molar refractivity (Wildman–Crippen MR) is 169 cm³/mol. The zero-order valence-electron chi connectivity index (χ0n) is 24.8. The largest absolute Gasteiger partial charge is 0.498 e. The molecule has 0 spiro atoms. The number of carboxylic acids is 1. The van der Waals surface area contributed by atoms with Crippen LogP contribution < -0.4 is 0 Å². The zero-order chi connectivity index (χ0) is 31.7. The van der Waals surface area contributed by atoms with E-state index in [9.17, 15) is 14.4 Å². The first-order valence-corrected chi connectivity index (χ1v) is 13.7. The molecule has 0 bridgehead atoms. The van der Waals surface area contributed by atoms with Crippen molar-refractivity contribution in [2.24, 2.45) is 0 Å². The Balaban J connectivity index is 0.000000323. The van der Waals surface area contributed by atoms with Gasteiger partial charge in [-0.2, -0.15) is 0 Å². The van der Waals surface area contributed by atoms with Gasteiger partial charge in [-0.3, -0.25) is 0 Å². The van der Waals surface area contributed by atoms with E-state index in [4.69, 9.17) is 14.6 Å². The second-order valence-corrected chi connectivity index (χ2v) is 9.00. The molecule has 43 heavy (non-hydrogen) atoms. The fourth-order valence-electron chi connectivity index (χ4n) is 3.15. The van der Waals surface area contributed by atoms with Crippen LogP contribution in [0.25, 0.3) is 0 Å². The Morgan fingerprint density at radius 1 is 0.837 bits per heavy atom. The van der Waals surface area contributed by atoms with Gasteiger partial charge in [0.05, 0.1) is 30.8 Å². The highest BCUT2D eigenvalue weighted by Crippen LogP contribution is 2.19. The van der Waals surface area contributed by atoms with Crippen molar-refractivity contribution >= 4 is 17.9 Å². The summed E-state index contributed by atoms with van der Waals surface area (Å²) in [5, 5.41) is 8.77. The molecule has 0 amide bonds. The lowest BCUT2D eigenvalue weighted by Crippen LogP contribution is -2.09. The Morgan fingerprint density at radius 3 is 1.81 bits per heavy atom. The molecule has 0 aromatic heterocycles. The number of hydrogen-bond acceptors (Lipinski definition) is 6.